The van der Waals surface area contributed by atoms with Gasteiger partial charge in [-0.05, 0) is 32.4 Å². The number of halogens is 2. The Morgan fingerprint density at radius 3 is 2.47 bits per heavy atom. The van der Waals surface area contributed by atoms with Crippen LogP contribution in [0.3, 0.4) is 0 Å². The van der Waals surface area contributed by atoms with E-state index < -0.39 is 0 Å². The van der Waals surface area contributed by atoms with Crippen LogP contribution in [0, 0.1) is 6.92 Å². The van der Waals surface area contributed by atoms with Gasteiger partial charge < -0.3 is 0 Å². The molecule has 0 aliphatic carbocycles. The lowest BCUT2D eigenvalue weighted by Crippen LogP contribution is -2.04. The Hall–Kier alpha value is -0.870. The summed E-state index contributed by atoms with van der Waals surface area (Å²) < 4.78 is 1.80. The normalized spacial score (nSPS) is 11.6. The third kappa shape index (κ3) is 1.68. The minimum absolute atomic E-state index is 0.148. The van der Waals surface area contributed by atoms with E-state index in [0.29, 0.717) is 10.8 Å². The Morgan fingerprint density at radius 1 is 1.20 bits per heavy atom. The molecule has 2 rings (SSSR count). The van der Waals surface area contributed by atoms with Crippen LogP contribution in [-0.2, 0) is 0 Å². The molecule has 2 aromatic rings. The van der Waals surface area contributed by atoms with Crippen molar-refractivity contribution in [3.05, 3.63) is 16.1 Å². The molecule has 6 heteroatoms. The summed E-state index contributed by atoms with van der Waals surface area (Å²) in [5.74, 6) is 0. The van der Waals surface area contributed by atoms with Gasteiger partial charge in [0.05, 0.1) is 11.1 Å². The Labute approximate surface area is 97.2 Å². The fourth-order valence-electron chi connectivity index (χ4n) is 1.49. The second-order valence-electron chi connectivity index (χ2n) is 3.61. The molecule has 4 nitrogen and oxygen atoms in total. The van der Waals surface area contributed by atoms with Crippen LogP contribution in [0.2, 0.25) is 10.4 Å². The molecule has 2 aromatic heterocycles. The van der Waals surface area contributed by atoms with Crippen LogP contribution in [0.25, 0.3) is 11.0 Å². The first kappa shape index (κ1) is 10.6. The highest BCUT2D eigenvalue weighted by Crippen LogP contribution is 2.26. The van der Waals surface area contributed by atoms with Gasteiger partial charge in [-0.3, -0.25) is 0 Å². The van der Waals surface area contributed by atoms with Crippen molar-refractivity contribution in [2.24, 2.45) is 0 Å². The average molecular weight is 245 g/mol. The molecule has 0 unspecified atom stereocenters. The van der Waals surface area contributed by atoms with Gasteiger partial charge in [0.25, 0.3) is 0 Å². The van der Waals surface area contributed by atoms with E-state index >= 15 is 0 Å². The fraction of sp³-hybridized carbons (Fsp3) is 0.444. The highest BCUT2D eigenvalue weighted by Gasteiger charge is 2.15. The second kappa shape index (κ2) is 3.61. The van der Waals surface area contributed by atoms with Crippen molar-refractivity contribution in [2.45, 2.75) is 26.8 Å². The molecular formula is C9H10Cl2N4. The topological polar surface area (TPSA) is 43.6 Å². The van der Waals surface area contributed by atoms with Gasteiger partial charge in [0.15, 0.2) is 5.65 Å². The van der Waals surface area contributed by atoms with Gasteiger partial charge in [-0.25, -0.2) is 9.67 Å². The number of fused-ring (bicyclic) bond motifs is 1. The minimum atomic E-state index is 0.148. The van der Waals surface area contributed by atoms with Crippen molar-refractivity contribution in [1.82, 2.24) is 19.7 Å². The monoisotopic (exact) mass is 244 g/mol. The molecule has 0 atom stereocenters. The molecule has 15 heavy (non-hydrogen) atoms. The molecule has 0 fully saturated rings. The highest BCUT2D eigenvalue weighted by molar-refractivity contribution is 6.35. The Morgan fingerprint density at radius 2 is 1.87 bits per heavy atom. The number of aryl methyl sites for hydroxylation is 1. The van der Waals surface area contributed by atoms with E-state index in [1.54, 1.807) is 4.68 Å². The molecule has 2 heterocycles. The Kier molecular flexibility index (Phi) is 2.56. The summed E-state index contributed by atoms with van der Waals surface area (Å²) >= 11 is 11.8. The van der Waals surface area contributed by atoms with Crippen molar-refractivity contribution in [2.75, 3.05) is 0 Å². The maximum atomic E-state index is 6.00. The fourth-order valence-corrected chi connectivity index (χ4v) is 2.00. The molecule has 0 aliphatic rings. The van der Waals surface area contributed by atoms with Crippen LogP contribution >= 0.6 is 23.2 Å². The molecule has 0 bridgehead atoms. The Balaban J connectivity index is 2.87. The Bertz CT molecular complexity index is 518. The van der Waals surface area contributed by atoms with Crippen LogP contribution < -0.4 is 0 Å². The van der Waals surface area contributed by atoms with Crippen LogP contribution in [0.4, 0.5) is 0 Å². The zero-order valence-corrected chi connectivity index (χ0v) is 10.1. The number of aromatic nitrogens is 4. The molecule has 0 spiro atoms. The smallest absolute Gasteiger partial charge is 0.225 e. The number of rotatable bonds is 1. The van der Waals surface area contributed by atoms with Crippen molar-refractivity contribution >= 4 is 34.2 Å². The average Bonchev–Trinajstić information content (AvgIpc) is 2.42. The van der Waals surface area contributed by atoms with E-state index in [1.807, 2.05) is 20.8 Å². The summed E-state index contributed by atoms with van der Waals surface area (Å²) in [5, 5.41) is 5.64. The van der Waals surface area contributed by atoms with Crippen molar-refractivity contribution in [3.8, 4) is 0 Å². The highest BCUT2D eigenvalue weighted by atomic mass is 35.5. The molecule has 80 valence electrons. The van der Waals surface area contributed by atoms with E-state index in [1.165, 1.54) is 0 Å². The van der Waals surface area contributed by atoms with E-state index in [2.05, 4.69) is 15.1 Å². The van der Waals surface area contributed by atoms with Crippen molar-refractivity contribution in [3.63, 3.8) is 0 Å². The summed E-state index contributed by atoms with van der Waals surface area (Å²) in [7, 11) is 0. The van der Waals surface area contributed by atoms with Crippen LogP contribution in [0.5, 0.6) is 0 Å². The predicted molar refractivity (Wildman–Crippen MR) is 60.5 cm³/mol. The largest absolute Gasteiger partial charge is 0.244 e. The molecule has 0 radical (unpaired) electrons. The second-order valence-corrected chi connectivity index (χ2v) is 4.30. The first-order valence-corrected chi connectivity index (χ1v) is 5.34. The molecule has 0 amide bonds. The van der Waals surface area contributed by atoms with E-state index in [0.717, 1.165) is 11.1 Å². The summed E-state index contributed by atoms with van der Waals surface area (Å²) in [6, 6.07) is 0.211. The van der Waals surface area contributed by atoms with E-state index in [4.69, 9.17) is 23.2 Å². The summed E-state index contributed by atoms with van der Waals surface area (Å²) in [4.78, 5) is 8.05. The quantitative estimate of drug-likeness (QED) is 0.573. The molecule has 0 aromatic carbocycles. The van der Waals surface area contributed by atoms with Crippen molar-refractivity contribution < 1.29 is 0 Å². The lowest BCUT2D eigenvalue weighted by atomic mass is 10.3. The number of hydrogen-bond acceptors (Lipinski definition) is 3. The standard InChI is InChI=1S/C9H10Cl2N4/c1-4(2)15-8-6(5(3)14-15)7(10)12-9(11)13-8/h4H,1-3H3. The third-order valence-corrected chi connectivity index (χ3v) is 2.59. The SMILES string of the molecule is Cc1nn(C(C)C)c2nc(Cl)nc(Cl)c12. The van der Waals surface area contributed by atoms with E-state index in [-0.39, 0.29) is 11.3 Å². The zero-order valence-electron chi connectivity index (χ0n) is 8.62. The van der Waals surface area contributed by atoms with Crippen LogP contribution in [0.15, 0.2) is 0 Å². The first-order valence-electron chi connectivity index (χ1n) is 4.58. The third-order valence-electron chi connectivity index (χ3n) is 2.14. The van der Waals surface area contributed by atoms with Crippen molar-refractivity contribution in [1.29, 1.82) is 0 Å². The van der Waals surface area contributed by atoms with E-state index in [9.17, 15) is 0 Å². The maximum Gasteiger partial charge on any atom is 0.225 e. The molecule has 0 saturated heterocycles. The van der Waals surface area contributed by atoms with Gasteiger partial charge in [-0.2, -0.15) is 10.1 Å². The lowest BCUT2D eigenvalue weighted by Gasteiger charge is -2.05. The lowest BCUT2D eigenvalue weighted by molar-refractivity contribution is 0.542. The van der Waals surface area contributed by atoms with Crippen LogP contribution in [0.1, 0.15) is 25.6 Å². The summed E-state index contributed by atoms with van der Waals surface area (Å²) in [6.45, 7) is 5.93. The molecular weight excluding hydrogens is 235 g/mol. The predicted octanol–water partition coefficient (Wildman–Crippen LogP) is 3.02. The van der Waals surface area contributed by atoms with Gasteiger partial charge in [0.1, 0.15) is 5.15 Å². The molecule has 0 saturated carbocycles. The maximum absolute atomic E-state index is 6.00. The number of nitrogens with zero attached hydrogens (tertiary/aromatic N) is 4. The van der Waals surface area contributed by atoms with Gasteiger partial charge in [0.2, 0.25) is 5.28 Å². The van der Waals surface area contributed by atoms with Gasteiger partial charge >= 0.3 is 0 Å². The summed E-state index contributed by atoms with van der Waals surface area (Å²) in [5.41, 5.74) is 1.51. The minimum Gasteiger partial charge on any atom is -0.244 e. The van der Waals surface area contributed by atoms with Gasteiger partial charge in [0, 0.05) is 6.04 Å². The van der Waals surface area contributed by atoms with Gasteiger partial charge in [-0.15, -0.1) is 0 Å². The molecule has 0 N–H and O–H groups in total. The molecule has 0 aliphatic heterocycles. The summed E-state index contributed by atoms with van der Waals surface area (Å²) in [6.07, 6.45) is 0. The number of hydrogen-bond donors (Lipinski definition) is 0. The zero-order chi connectivity index (χ0) is 11.2. The van der Waals surface area contributed by atoms with Crippen LogP contribution in [-0.4, -0.2) is 19.7 Å². The van der Waals surface area contributed by atoms with Gasteiger partial charge in [-0.1, -0.05) is 11.6 Å². The first-order chi connectivity index (χ1) is 7.00.